The Morgan fingerprint density at radius 2 is 2.17 bits per heavy atom. The lowest BCUT2D eigenvalue weighted by Gasteiger charge is -2.11. The minimum atomic E-state index is -1.11. The molecule has 0 aromatic rings. The molecule has 0 aliphatic carbocycles. The second-order valence-corrected chi connectivity index (χ2v) is 2.33. The minimum absolute atomic E-state index is 0.283. The van der Waals surface area contributed by atoms with Gasteiger partial charge >= 0.3 is 11.9 Å². The zero-order valence-electron chi connectivity index (χ0n) is 7.16. The summed E-state index contributed by atoms with van der Waals surface area (Å²) >= 11 is 0. The number of carbonyl (C=O) groups excluding carboxylic acids is 1. The Morgan fingerprint density at radius 3 is 2.50 bits per heavy atom. The van der Waals surface area contributed by atoms with E-state index in [1.807, 2.05) is 0 Å². The molecule has 0 spiro atoms. The van der Waals surface area contributed by atoms with Crippen molar-refractivity contribution in [2.24, 2.45) is 0 Å². The molecule has 0 rings (SSSR count). The highest BCUT2D eigenvalue weighted by Gasteiger charge is 2.19. The predicted molar refractivity (Wildman–Crippen MR) is 41.7 cm³/mol. The lowest BCUT2D eigenvalue weighted by atomic mass is 10.2. The molecule has 0 bridgehead atoms. The van der Waals surface area contributed by atoms with Gasteiger partial charge in [-0.1, -0.05) is 0 Å². The van der Waals surface area contributed by atoms with Crippen LogP contribution in [0.25, 0.3) is 0 Å². The van der Waals surface area contributed by atoms with Crippen molar-refractivity contribution in [3.63, 3.8) is 0 Å². The van der Waals surface area contributed by atoms with Crippen LogP contribution in [0, 0.1) is 0 Å². The molecule has 0 aliphatic heterocycles. The Kier molecular flexibility index (Phi) is 5.03. The fraction of sp³-hybridized carbons (Fsp3) is 0.714. The highest BCUT2D eigenvalue weighted by atomic mass is 16.6. The number of ether oxygens (including phenoxy) is 1. The Balaban J connectivity index is 3.87. The van der Waals surface area contributed by atoms with Crippen molar-refractivity contribution in [1.82, 2.24) is 5.32 Å². The molecular weight excluding hydrogens is 162 g/mol. The number of nitrogens with one attached hydrogen (secondary N) is 1. The van der Waals surface area contributed by atoms with Gasteiger partial charge in [0.25, 0.3) is 0 Å². The van der Waals surface area contributed by atoms with Gasteiger partial charge in [-0.25, -0.2) is 4.79 Å². The summed E-state index contributed by atoms with van der Waals surface area (Å²) in [5.41, 5.74) is 0. The Morgan fingerprint density at radius 1 is 1.58 bits per heavy atom. The fourth-order valence-corrected chi connectivity index (χ4v) is 0.709. The first-order valence-corrected chi connectivity index (χ1v) is 3.62. The second-order valence-electron chi connectivity index (χ2n) is 2.33. The molecule has 0 amide bonds. The molecule has 5 nitrogen and oxygen atoms in total. The summed E-state index contributed by atoms with van der Waals surface area (Å²) in [6.07, 6.45) is -0.749. The molecule has 0 fully saturated rings. The van der Waals surface area contributed by atoms with E-state index < -0.39 is 18.0 Å². The number of hydrogen-bond acceptors (Lipinski definition) is 4. The van der Waals surface area contributed by atoms with Crippen LogP contribution in [0.3, 0.4) is 0 Å². The van der Waals surface area contributed by atoms with Gasteiger partial charge < -0.3 is 15.2 Å². The smallest absolute Gasteiger partial charge is 0.345 e. The third-order valence-electron chi connectivity index (χ3n) is 1.24. The molecule has 0 aromatic carbocycles. The quantitative estimate of drug-likeness (QED) is 0.557. The average Bonchev–Trinajstić information content (AvgIpc) is 1.96. The standard InChI is InChI=1S/C7H13NO4/c1-5(9)12-6(7(10)11)3-4-8-2/h6,8H,3-4H2,1-2H3,(H,10,11). The monoisotopic (exact) mass is 175 g/mol. The van der Waals surface area contributed by atoms with Gasteiger partial charge in [0.1, 0.15) is 0 Å². The van der Waals surface area contributed by atoms with Gasteiger partial charge in [0.05, 0.1) is 0 Å². The van der Waals surface area contributed by atoms with Crippen molar-refractivity contribution in [2.45, 2.75) is 19.4 Å². The third-order valence-corrected chi connectivity index (χ3v) is 1.24. The molecule has 0 radical (unpaired) electrons. The highest BCUT2D eigenvalue weighted by molar-refractivity contribution is 5.76. The van der Waals surface area contributed by atoms with Gasteiger partial charge in [-0.05, 0) is 13.6 Å². The van der Waals surface area contributed by atoms with Gasteiger partial charge in [0.15, 0.2) is 6.10 Å². The van der Waals surface area contributed by atoms with E-state index in [0.717, 1.165) is 0 Å². The van der Waals surface area contributed by atoms with Crippen molar-refractivity contribution in [3.05, 3.63) is 0 Å². The van der Waals surface area contributed by atoms with E-state index in [0.29, 0.717) is 6.54 Å². The first-order chi connectivity index (χ1) is 5.57. The van der Waals surface area contributed by atoms with Crippen LogP contribution in [0.2, 0.25) is 0 Å². The van der Waals surface area contributed by atoms with E-state index in [9.17, 15) is 9.59 Å². The van der Waals surface area contributed by atoms with Gasteiger partial charge in [-0.3, -0.25) is 4.79 Å². The van der Waals surface area contributed by atoms with E-state index in [1.54, 1.807) is 7.05 Å². The second kappa shape index (κ2) is 5.54. The van der Waals surface area contributed by atoms with E-state index in [4.69, 9.17) is 5.11 Å². The fourth-order valence-electron chi connectivity index (χ4n) is 0.709. The number of rotatable bonds is 5. The first-order valence-electron chi connectivity index (χ1n) is 3.62. The Labute approximate surface area is 70.7 Å². The van der Waals surface area contributed by atoms with E-state index in [-0.39, 0.29) is 6.42 Å². The summed E-state index contributed by atoms with van der Waals surface area (Å²) in [4.78, 5) is 20.9. The number of carboxylic acids is 1. The van der Waals surface area contributed by atoms with Gasteiger partial charge in [0.2, 0.25) is 0 Å². The molecule has 1 atom stereocenters. The van der Waals surface area contributed by atoms with Gasteiger partial charge in [0, 0.05) is 13.3 Å². The van der Waals surface area contributed by atoms with Crippen LogP contribution in [-0.2, 0) is 14.3 Å². The number of esters is 1. The normalized spacial score (nSPS) is 12.2. The first kappa shape index (κ1) is 10.9. The minimum Gasteiger partial charge on any atom is -0.479 e. The lowest BCUT2D eigenvalue weighted by Crippen LogP contribution is -2.29. The van der Waals surface area contributed by atoms with Crippen LogP contribution in [-0.4, -0.2) is 36.7 Å². The molecule has 12 heavy (non-hydrogen) atoms. The van der Waals surface area contributed by atoms with Crippen molar-refractivity contribution in [2.75, 3.05) is 13.6 Å². The van der Waals surface area contributed by atoms with E-state index in [2.05, 4.69) is 10.1 Å². The van der Waals surface area contributed by atoms with Crippen LogP contribution in [0.15, 0.2) is 0 Å². The van der Waals surface area contributed by atoms with Crippen LogP contribution in [0.1, 0.15) is 13.3 Å². The maximum absolute atomic E-state index is 10.4. The molecule has 5 heteroatoms. The molecule has 0 saturated heterocycles. The van der Waals surface area contributed by atoms with Crippen molar-refractivity contribution < 1.29 is 19.4 Å². The summed E-state index contributed by atoms with van der Waals surface area (Å²) in [5, 5.41) is 11.3. The predicted octanol–water partition coefficient (Wildman–Crippen LogP) is -0.388. The maximum Gasteiger partial charge on any atom is 0.345 e. The van der Waals surface area contributed by atoms with Crippen LogP contribution >= 0.6 is 0 Å². The molecule has 0 aromatic heterocycles. The summed E-state index contributed by atoms with van der Waals surface area (Å²) in [7, 11) is 1.70. The molecule has 70 valence electrons. The Bertz CT molecular complexity index is 169. The van der Waals surface area contributed by atoms with E-state index in [1.165, 1.54) is 6.92 Å². The maximum atomic E-state index is 10.4. The van der Waals surface area contributed by atoms with Crippen molar-refractivity contribution in [3.8, 4) is 0 Å². The molecule has 0 aliphatic rings. The Hall–Kier alpha value is -1.10. The van der Waals surface area contributed by atoms with Crippen molar-refractivity contribution >= 4 is 11.9 Å². The summed E-state index contributed by atoms with van der Waals surface area (Å²) in [5.74, 6) is -1.68. The van der Waals surface area contributed by atoms with Crippen LogP contribution < -0.4 is 5.32 Å². The molecule has 1 unspecified atom stereocenters. The van der Waals surface area contributed by atoms with E-state index >= 15 is 0 Å². The van der Waals surface area contributed by atoms with Gasteiger partial charge in [-0.15, -0.1) is 0 Å². The zero-order chi connectivity index (χ0) is 9.56. The lowest BCUT2D eigenvalue weighted by molar-refractivity contribution is -0.162. The third kappa shape index (κ3) is 4.68. The number of carbonyl (C=O) groups is 2. The molecule has 2 N–H and O–H groups in total. The van der Waals surface area contributed by atoms with Crippen molar-refractivity contribution in [1.29, 1.82) is 0 Å². The molecule has 0 saturated carbocycles. The SMILES string of the molecule is CNCCC(OC(C)=O)C(=O)O. The summed E-state index contributed by atoms with van der Waals surface area (Å²) in [6, 6.07) is 0. The van der Waals surface area contributed by atoms with Crippen LogP contribution in [0.5, 0.6) is 0 Å². The van der Waals surface area contributed by atoms with Gasteiger partial charge in [-0.2, -0.15) is 0 Å². The number of carboxylic acid groups (broad SMARTS) is 1. The largest absolute Gasteiger partial charge is 0.479 e. The summed E-state index contributed by atoms with van der Waals surface area (Å²) in [6.45, 7) is 1.69. The topological polar surface area (TPSA) is 75.6 Å². The molecular formula is C7H13NO4. The number of hydrogen-bond donors (Lipinski definition) is 2. The highest BCUT2D eigenvalue weighted by Crippen LogP contribution is 1.98. The summed E-state index contributed by atoms with van der Waals surface area (Å²) < 4.78 is 4.54. The van der Waals surface area contributed by atoms with Crippen LogP contribution in [0.4, 0.5) is 0 Å². The number of aliphatic carboxylic acids is 1. The molecule has 0 heterocycles. The zero-order valence-corrected chi connectivity index (χ0v) is 7.16. The average molecular weight is 175 g/mol.